The molecule has 0 radical (unpaired) electrons. The summed E-state index contributed by atoms with van der Waals surface area (Å²) in [5.74, 6) is 0.296. The van der Waals surface area contributed by atoms with Crippen LogP contribution in [0.15, 0.2) is 28.2 Å². The molecule has 7 heteroatoms. The zero-order valence-corrected chi connectivity index (χ0v) is 11.0. The van der Waals surface area contributed by atoms with Crippen molar-refractivity contribution in [1.29, 1.82) is 0 Å². The van der Waals surface area contributed by atoms with E-state index < -0.39 is 11.2 Å². The van der Waals surface area contributed by atoms with Gasteiger partial charge in [-0.1, -0.05) is 0 Å². The third-order valence-electron chi connectivity index (χ3n) is 2.96. The molecule has 0 bridgehead atoms. The Morgan fingerprint density at radius 3 is 2.53 bits per heavy atom. The van der Waals surface area contributed by atoms with Crippen LogP contribution in [0.1, 0.15) is 23.1 Å². The van der Waals surface area contributed by atoms with E-state index in [1.807, 2.05) is 0 Å². The van der Waals surface area contributed by atoms with E-state index in [1.165, 1.54) is 24.7 Å². The molecule has 0 aromatic carbocycles. The number of rotatable bonds is 3. The number of imidazole rings is 1. The van der Waals surface area contributed by atoms with E-state index >= 15 is 0 Å². The minimum absolute atomic E-state index is 0.00342. The van der Waals surface area contributed by atoms with Crippen molar-refractivity contribution in [3.05, 3.63) is 50.8 Å². The van der Waals surface area contributed by atoms with Crippen LogP contribution < -0.4 is 11.2 Å². The fourth-order valence-electron chi connectivity index (χ4n) is 1.78. The van der Waals surface area contributed by atoms with Gasteiger partial charge in [0.15, 0.2) is 5.78 Å². The van der Waals surface area contributed by atoms with E-state index in [-0.39, 0.29) is 17.9 Å². The molecule has 0 fully saturated rings. The highest BCUT2D eigenvalue weighted by Crippen LogP contribution is 1.98. The predicted molar refractivity (Wildman–Crippen MR) is 68.3 cm³/mol. The Hall–Kier alpha value is -2.44. The highest BCUT2D eigenvalue weighted by molar-refractivity contribution is 5.93. The number of aromatic nitrogens is 4. The molecule has 0 amide bonds. The molecule has 19 heavy (non-hydrogen) atoms. The Morgan fingerprint density at radius 2 is 2.00 bits per heavy atom. The maximum Gasteiger partial charge on any atom is 0.331 e. The van der Waals surface area contributed by atoms with Gasteiger partial charge in [0.25, 0.3) is 5.56 Å². The van der Waals surface area contributed by atoms with Gasteiger partial charge in [-0.3, -0.25) is 18.7 Å². The highest BCUT2D eigenvalue weighted by Gasteiger charge is 2.13. The van der Waals surface area contributed by atoms with E-state index in [9.17, 15) is 14.4 Å². The third-order valence-corrected chi connectivity index (χ3v) is 2.96. The van der Waals surface area contributed by atoms with Crippen molar-refractivity contribution in [3.63, 3.8) is 0 Å². The maximum atomic E-state index is 12.0. The van der Waals surface area contributed by atoms with Crippen molar-refractivity contribution in [1.82, 2.24) is 18.7 Å². The standard InChI is InChI=1S/C12H14N4O3/c1-8(17)9-6-16(12(19)15(3)11(9)18)7-10-13-4-5-14(10)2/h4-6H,7H2,1-3H3. The van der Waals surface area contributed by atoms with Gasteiger partial charge in [-0.05, 0) is 6.92 Å². The summed E-state index contributed by atoms with van der Waals surface area (Å²) in [6.45, 7) is 1.50. The molecular formula is C12H14N4O3. The number of hydrogen-bond acceptors (Lipinski definition) is 4. The monoisotopic (exact) mass is 262 g/mol. The van der Waals surface area contributed by atoms with E-state index in [2.05, 4.69) is 4.98 Å². The molecule has 2 aromatic rings. The number of carbonyl (C=O) groups is 1. The van der Waals surface area contributed by atoms with Crippen LogP contribution in [0.5, 0.6) is 0 Å². The van der Waals surface area contributed by atoms with Gasteiger partial charge in [0.05, 0.1) is 12.1 Å². The van der Waals surface area contributed by atoms with Gasteiger partial charge >= 0.3 is 5.69 Å². The second-order valence-electron chi connectivity index (χ2n) is 4.33. The van der Waals surface area contributed by atoms with Crippen LogP contribution in [-0.2, 0) is 20.6 Å². The van der Waals surface area contributed by atoms with Crippen molar-refractivity contribution in [2.24, 2.45) is 14.1 Å². The lowest BCUT2D eigenvalue weighted by molar-refractivity contribution is 0.101. The summed E-state index contributed by atoms with van der Waals surface area (Å²) in [6.07, 6.45) is 4.67. The number of nitrogens with zero attached hydrogens (tertiary/aromatic N) is 4. The number of hydrogen-bond donors (Lipinski definition) is 0. The predicted octanol–water partition coefficient (Wildman–Crippen LogP) is -0.469. The molecule has 2 rings (SSSR count). The molecule has 0 atom stereocenters. The lowest BCUT2D eigenvalue weighted by atomic mass is 10.2. The van der Waals surface area contributed by atoms with Gasteiger partial charge in [-0.25, -0.2) is 9.78 Å². The third kappa shape index (κ3) is 2.26. The summed E-state index contributed by atoms with van der Waals surface area (Å²) in [5.41, 5.74) is -1.05. The number of aryl methyl sites for hydroxylation is 1. The van der Waals surface area contributed by atoms with Gasteiger partial charge in [0.2, 0.25) is 0 Å². The van der Waals surface area contributed by atoms with Crippen LogP contribution in [0.4, 0.5) is 0 Å². The molecule has 0 saturated heterocycles. The normalized spacial score (nSPS) is 10.7. The Labute approximate surface area is 108 Å². The van der Waals surface area contributed by atoms with Crippen molar-refractivity contribution in [2.75, 3.05) is 0 Å². The van der Waals surface area contributed by atoms with E-state index in [0.29, 0.717) is 5.82 Å². The maximum absolute atomic E-state index is 12.0. The molecule has 0 aliphatic rings. The topological polar surface area (TPSA) is 78.9 Å². The molecule has 100 valence electrons. The minimum atomic E-state index is -0.575. The average Bonchev–Trinajstić information content (AvgIpc) is 2.75. The largest absolute Gasteiger partial charge is 0.337 e. The van der Waals surface area contributed by atoms with Crippen LogP contribution in [0.25, 0.3) is 0 Å². The lowest BCUT2D eigenvalue weighted by Crippen LogP contribution is -2.40. The Bertz CT molecular complexity index is 751. The van der Waals surface area contributed by atoms with Crippen molar-refractivity contribution in [3.8, 4) is 0 Å². The van der Waals surface area contributed by atoms with Gasteiger partial charge in [-0.2, -0.15) is 0 Å². The first kappa shape index (κ1) is 13.0. The molecule has 0 saturated carbocycles. The summed E-state index contributed by atoms with van der Waals surface area (Å²) in [4.78, 5) is 39.3. The summed E-state index contributed by atoms with van der Waals surface area (Å²) in [7, 11) is 3.16. The van der Waals surface area contributed by atoms with Gasteiger partial charge in [0, 0.05) is 32.7 Å². The first-order chi connectivity index (χ1) is 8.91. The summed E-state index contributed by atoms with van der Waals surface area (Å²) in [5, 5.41) is 0. The highest BCUT2D eigenvalue weighted by atomic mass is 16.2. The second-order valence-corrected chi connectivity index (χ2v) is 4.33. The van der Waals surface area contributed by atoms with Crippen LogP contribution in [-0.4, -0.2) is 24.5 Å². The quantitative estimate of drug-likeness (QED) is 0.701. The first-order valence-corrected chi connectivity index (χ1v) is 5.69. The zero-order chi connectivity index (χ0) is 14.2. The SMILES string of the molecule is CC(=O)c1cn(Cc2nccn2C)c(=O)n(C)c1=O. The fraction of sp³-hybridized carbons (Fsp3) is 0.333. The molecule has 0 aliphatic carbocycles. The fourth-order valence-corrected chi connectivity index (χ4v) is 1.78. The van der Waals surface area contributed by atoms with Gasteiger partial charge in [-0.15, -0.1) is 0 Å². The molecule has 0 unspecified atom stereocenters. The van der Waals surface area contributed by atoms with Gasteiger partial charge in [0.1, 0.15) is 5.82 Å². The van der Waals surface area contributed by atoms with Crippen LogP contribution in [0.2, 0.25) is 0 Å². The number of carbonyl (C=O) groups excluding carboxylic acids is 1. The van der Waals surface area contributed by atoms with E-state index in [0.717, 1.165) is 4.57 Å². The molecule has 0 spiro atoms. The Balaban J connectivity index is 2.59. The molecule has 2 aromatic heterocycles. The summed E-state index contributed by atoms with van der Waals surface area (Å²) < 4.78 is 4.01. The van der Waals surface area contributed by atoms with Crippen LogP contribution in [0.3, 0.4) is 0 Å². The van der Waals surface area contributed by atoms with E-state index in [1.54, 1.807) is 24.0 Å². The van der Waals surface area contributed by atoms with E-state index in [4.69, 9.17) is 0 Å². The summed E-state index contributed by atoms with van der Waals surface area (Å²) >= 11 is 0. The van der Waals surface area contributed by atoms with Crippen LogP contribution in [0, 0.1) is 0 Å². The average molecular weight is 262 g/mol. The van der Waals surface area contributed by atoms with Crippen molar-refractivity contribution >= 4 is 5.78 Å². The van der Waals surface area contributed by atoms with Gasteiger partial charge < -0.3 is 4.57 Å². The molecular weight excluding hydrogens is 248 g/mol. The number of ketones is 1. The molecule has 7 nitrogen and oxygen atoms in total. The molecule has 2 heterocycles. The Morgan fingerprint density at radius 1 is 1.32 bits per heavy atom. The smallest absolute Gasteiger partial charge is 0.331 e. The number of Topliss-reactive ketones (excluding diaryl/α,β-unsaturated/α-hetero) is 1. The van der Waals surface area contributed by atoms with Crippen molar-refractivity contribution < 1.29 is 4.79 Å². The van der Waals surface area contributed by atoms with Crippen molar-refractivity contribution in [2.45, 2.75) is 13.5 Å². The summed E-state index contributed by atoms with van der Waals surface area (Å²) in [6, 6.07) is 0. The zero-order valence-electron chi connectivity index (χ0n) is 11.0. The second kappa shape index (κ2) is 4.68. The van der Waals surface area contributed by atoms with Crippen LogP contribution >= 0.6 is 0 Å². The first-order valence-electron chi connectivity index (χ1n) is 5.69. The molecule has 0 N–H and O–H groups in total. The minimum Gasteiger partial charge on any atom is -0.337 e. The molecule has 0 aliphatic heterocycles. The Kier molecular flexibility index (Phi) is 3.20. The lowest BCUT2D eigenvalue weighted by Gasteiger charge is -2.09.